The molecule has 4 aromatic carbocycles. The highest BCUT2D eigenvalue weighted by molar-refractivity contribution is 5.90. The zero-order chi connectivity index (χ0) is 63.2. The maximum Gasteiger partial charge on any atom is 0.318 e. The molecule has 0 bridgehead atoms. The van der Waals surface area contributed by atoms with E-state index in [1.165, 1.54) is 35.4 Å². The van der Waals surface area contributed by atoms with E-state index in [2.05, 4.69) is 67.2 Å². The number of carbonyl (C=O) groups excluding carboxylic acids is 4. The van der Waals surface area contributed by atoms with Gasteiger partial charge in [-0.3, -0.25) is 19.6 Å². The van der Waals surface area contributed by atoms with E-state index in [0.29, 0.717) is 37.1 Å². The molecule has 2 aliphatic heterocycles. The Hall–Kier alpha value is -8.12. The molecule has 10 rings (SSSR count). The van der Waals surface area contributed by atoms with Gasteiger partial charge in [0.2, 0.25) is 0 Å². The molecule has 4 atom stereocenters. The van der Waals surface area contributed by atoms with Crippen molar-refractivity contribution in [3.8, 4) is 22.3 Å². The summed E-state index contributed by atoms with van der Waals surface area (Å²) in [6.07, 6.45) is 11.1. The van der Waals surface area contributed by atoms with Gasteiger partial charge >= 0.3 is 24.0 Å². The second-order valence-corrected chi connectivity index (χ2v) is 25.1. The number of nitrogens with zero attached hydrogens (tertiary/aromatic N) is 2. The van der Waals surface area contributed by atoms with Gasteiger partial charge in [0.1, 0.15) is 23.3 Å². The van der Waals surface area contributed by atoms with Gasteiger partial charge < -0.3 is 45.3 Å². The fourth-order valence-electron chi connectivity index (χ4n) is 12.1. The fraction of sp³-hybridized carbons (Fsp3) is 0.408. The number of benzene rings is 4. The van der Waals surface area contributed by atoms with Crippen molar-refractivity contribution in [1.29, 1.82) is 0 Å². The Balaban J connectivity index is 0.000000213. The highest BCUT2D eigenvalue weighted by Gasteiger charge is 2.37. The molecule has 2 aromatic heterocycles. The smallest absolute Gasteiger partial charge is 0.318 e. The van der Waals surface area contributed by atoms with Crippen LogP contribution in [0.4, 0.5) is 29.7 Å². The summed E-state index contributed by atoms with van der Waals surface area (Å²) < 4.78 is 51.8. The van der Waals surface area contributed by atoms with Gasteiger partial charge in [0.05, 0.1) is 42.5 Å². The lowest BCUT2D eigenvalue weighted by atomic mass is 9.86. The minimum Gasteiger partial charge on any atom is -0.460 e. The lowest BCUT2D eigenvalue weighted by molar-refractivity contribution is -0.290. The number of halogens is 2. The topological polar surface area (TPSA) is 199 Å². The molecule has 17 heteroatoms. The summed E-state index contributed by atoms with van der Waals surface area (Å²) in [6, 6.07) is 24.6. The molecular weight excluding hydrogens is 1120 g/mol. The number of ether oxygens (including phenoxy) is 4. The maximum absolute atomic E-state index is 14.2. The first-order valence-corrected chi connectivity index (χ1v) is 30.5. The standard InChI is InChI=1S/C39H48FN3O5.C32H34FN3O4/c1-23(2)36-31(17-16-29-21-30(47-39(6,7)46-29)22-34(44)48-38(3,4)5)35(25-9-13-27(40)14-10-25)32-20-26-19-28(42-37(45)41-8)15-11-24(26)12-18-33(32)43-36;1-18(2)31-26(12-11-25-16-24(37)17-29(38)40-25)30(20-4-8-22(33)9-5-20)27-15-21-14-23(35-32(39)34-3)10-6-19(21)7-13-28(27)36-31/h9-11,13-17,19,23,29-30H,12,18,20-22H2,1-8H3,(H2,41,42,45);4-6,8-12,14,18,24-25,37H,7,13,15-17H2,1-3H3,(H2,34,35,39)/b17-16+;12-11+/t29-,30-;24-,25-/m11/s1. The third-order valence-electron chi connectivity index (χ3n) is 16.0. The van der Waals surface area contributed by atoms with Crippen LogP contribution < -0.4 is 21.3 Å². The lowest BCUT2D eigenvalue weighted by Crippen LogP contribution is -2.45. The third kappa shape index (κ3) is 16.1. The molecule has 4 aliphatic rings. The van der Waals surface area contributed by atoms with Crippen LogP contribution in [0.15, 0.2) is 97.1 Å². The largest absolute Gasteiger partial charge is 0.460 e. The van der Waals surface area contributed by atoms with E-state index >= 15 is 0 Å². The average molecular weight is 1200 g/mol. The molecule has 2 aliphatic carbocycles. The Kier molecular flexibility index (Phi) is 20.1. The van der Waals surface area contributed by atoms with E-state index in [4.69, 9.17) is 28.9 Å². The number of aliphatic hydroxyl groups is 1. The summed E-state index contributed by atoms with van der Waals surface area (Å²) in [7, 11) is 3.16. The number of esters is 2. The predicted molar refractivity (Wildman–Crippen MR) is 339 cm³/mol. The first kappa shape index (κ1) is 64.4. The van der Waals surface area contributed by atoms with Gasteiger partial charge in [0.25, 0.3) is 0 Å². The number of hydrogen-bond acceptors (Lipinski definition) is 11. The number of pyridine rings is 2. The van der Waals surface area contributed by atoms with Gasteiger partial charge in [-0.2, -0.15) is 0 Å². The Bertz CT molecular complexity index is 3630. The molecule has 464 valence electrons. The number of carbonyl (C=O) groups is 4. The van der Waals surface area contributed by atoms with Gasteiger partial charge in [-0.25, -0.2) is 18.4 Å². The summed E-state index contributed by atoms with van der Waals surface area (Å²) in [5.74, 6) is -2.05. The van der Waals surface area contributed by atoms with E-state index in [-0.39, 0.29) is 66.6 Å². The van der Waals surface area contributed by atoms with Gasteiger partial charge in [-0.15, -0.1) is 0 Å². The Morgan fingerprint density at radius 1 is 0.670 bits per heavy atom. The van der Waals surface area contributed by atoms with Crippen molar-refractivity contribution < 1.29 is 52.0 Å². The maximum atomic E-state index is 14.2. The minimum absolute atomic E-state index is 0.00101. The number of amides is 4. The molecule has 0 saturated carbocycles. The number of rotatable bonds is 12. The van der Waals surface area contributed by atoms with Crippen molar-refractivity contribution in [2.45, 2.75) is 174 Å². The molecule has 5 N–H and O–H groups in total. The van der Waals surface area contributed by atoms with Crippen LogP contribution in [0.2, 0.25) is 0 Å². The summed E-state index contributed by atoms with van der Waals surface area (Å²) in [4.78, 5) is 59.2. The summed E-state index contributed by atoms with van der Waals surface area (Å²) in [5, 5.41) is 21.1. The number of cyclic esters (lactones) is 1. The summed E-state index contributed by atoms with van der Waals surface area (Å²) in [5.41, 5.74) is 17.0. The molecule has 0 spiro atoms. The number of hydrogen-bond donors (Lipinski definition) is 5. The van der Waals surface area contributed by atoms with Crippen LogP contribution in [0.3, 0.4) is 0 Å². The molecule has 15 nitrogen and oxygen atoms in total. The van der Waals surface area contributed by atoms with Crippen molar-refractivity contribution >= 4 is 47.5 Å². The normalized spacial score (nSPS) is 18.8. The molecule has 88 heavy (non-hydrogen) atoms. The number of nitrogens with one attached hydrogen (secondary N) is 4. The molecule has 0 radical (unpaired) electrons. The second kappa shape index (κ2) is 27.5. The lowest BCUT2D eigenvalue weighted by Gasteiger charge is -2.40. The zero-order valence-electron chi connectivity index (χ0n) is 52.3. The average Bonchev–Trinajstić information content (AvgIpc) is 1.58. The van der Waals surface area contributed by atoms with Crippen molar-refractivity contribution in [3.05, 3.63) is 176 Å². The van der Waals surface area contributed by atoms with Crippen LogP contribution in [-0.2, 0) is 67.1 Å². The van der Waals surface area contributed by atoms with Crippen molar-refractivity contribution in [2.75, 3.05) is 24.7 Å². The minimum atomic E-state index is -0.906. The van der Waals surface area contributed by atoms with Crippen molar-refractivity contribution in [1.82, 2.24) is 20.6 Å². The second-order valence-electron chi connectivity index (χ2n) is 25.1. The first-order chi connectivity index (χ1) is 41.8. The number of aromatic nitrogens is 2. The molecule has 4 amide bonds. The molecule has 6 aromatic rings. The van der Waals surface area contributed by atoms with E-state index < -0.39 is 29.6 Å². The predicted octanol–water partition coefficient (Wildman–Crippen LogP) is 13.6. The van der Waals surface area contributed by atoms with Gasteiger partial charge in [-0.1, -0.05) is 82.3 Å². The van der Waals surface area contributed by atoms with Gasteiger partial charge in [-0.05, 0) is 182 Å². The van der Waals surface area contributed by atoms with E-state index in [1.807, 2.05) is 89.2 Å². The fourth-order valence-corrected chi connectivity index (χ4v) is 12.1. The van der Waals surface area contributed by atoms with Crippen LogP contribution in [0.5, 0.6) is 0 Å². The van der Waals surface area contributed by atoms with Crippen LogP contribution in [-0.4, -0.2) is 89.0 Å². The quantitative estimate of drug-likeness (QED) is 0.0731. The van der Waals surface area contributed by atoms with Gasteiger partial charge in [0.15, 0.2) is 5.79 Å². The highest BCUT2D eigenvalue weighted by Crippen LogP contribution is 2.42. The van der Waals surface area contributed by atoms with Crippen LogP contribution in [0.1, 0.15) is 167 Å². The molecule has 4 heterocycles. The Morgan fingerprint density at radius 3 is 1.57 bits per heavy atom. The monoisotopic (exact) mass is 1200 g/mol. The molecular formula is C71H82F2N6O9. The van der Waals surface area contributed by atoms with E-state index in [0.717, 1.165) is 104 Å². The molecule has 2 saturated heterocycles. The number of aliphatic hydroxyl groups excluding tert-OH is 1. The van der Waals surface area contributed by atoms with Crippen LogP contribution >= 0.6 is 0 Å². The van der Waals surface area contributed by atoms with Gasteiger partial charge in [0, 0.05) is 73.7 Å². The first-order valence-electron chi connectivity index (χ1n) is 30.5. The Morgan fingerprint density at radius 2 is 1.14 bits per heavy atom. The van der Waals surface area contributed by atoms with Crippen molar-refractivity contribution in [2.24, 2.45) is 0 Å². The van der Waals surface area contributed by atoms with E-state index in [9.17, 15) is 33.1 Å². The number of urea groups is 2. The zero-order valence-corrected chi connectivity index (χ0v) is 52.3. The van der Waals surface area contributed by atoms with E-state index in [1.54, 1.807) is 26.2 Å². The number of fused-ring (bicyclic) bond motifs is 4. The number of anilines is 2. The number of aryl methyl sites for hydroxylation is 4. The SMILES string of the molecule is CNC(=O)Nc1ccc2c(c1)Cc1c(nc(C(C)C)c(/C=C/[C@@H]3C[C@@H](O)CC(=O)O3)c1-c1ccc(F)cc1)CC2.CNC(=O)Nc1ccc2c(c1)Cc1c(nc(C(C)C)c(/C=C/[C@@H]3C[C@H](CC(=O)OC(C)(C)C)OC(C)(C)O3)c1-c1ccc(F)cc1)CC2. The van der Waals surface area contributed by atoms with Crippen LogP contribution in [0, 0.1) is 11.6 Å². The summed E-state index contributed by atoms with van der Waals surface area (Å²) in [6.45, 7) is 17.7. The van der Waals surface area contributed by atoms with Crippen LogP contribution in [0.25, 0.3) is 34.4 Å². The third-order valence-corrected chi connectivity index (χ3v) is 16.0. The summed E-state index contributed by atoms with van der Waals surface area (Å²) >= 11 is 0. The molecule has 2 fully saturated rings. The van der Waals surface area contributed by atoms with Crippen molar-refractivity contribution in [3.63, 3.8) is 0 Å². The molecule has 0 unspecified atom stereocenters. The Labute approximate surface area is 515 Å². The highest BCUT2D eigenvalue weighted by atomic mass is 19.1.